The summed E-state index contributed by atoms with van der Waals surface area (Å²) in [6.07, 6.45) is 2.29. The molecule has 3 aromatic rings. The van der Waals surface area contributed by atoms with Gasteiger partial charge in [0, 0.05) is 37.3 Å². The molecule has 0 unspecified atom stereocenters. The maximum Gasteiger partial charge on any atom is 0.301 e. The van der Waals surface area contributed by atoms with Crippen molar-refractivity contribution in [2.45, 2.75) is 44.2 Å². The third kappa shape index (κ3) is 4.69. The number of nitriles is 1. The van der Waals surface area contributed by atoms with Gasteiger partial charge in [0.15, 0.2) is 12.4 Å². The number of piperidine rings is 1. The second-order valence-electron chi connectivity index (χ2n) is 11.2. The molecule has 12 heteroatoms. The highest BCUT2D eigenvalue weighted by atomic mass is 35.5. The fourth-order valence-electron chi connectivity index (χ4n) is 5.89. The first-order valence-electron chi connectivity index (χ1n) is 13.4. The van der Waals surface area contributed by atoms with Gasteiger partial charge in [0.2, 0.25) is 5.75 Å². The largest absolute Gasteiger partial charge is 0.480 e. The van der Waals surface area contributed by atoms with Crippen LogP contribution in [0.15, 0.2) is 29.1 Å². The molecule has 210 valence electrons. The Hall–Kier alpha value is -3.62. The van der Waals surface area contributed by atoms with Crippen LogP contribution in [0.2, 0.25) is 5.02 Å². The highest BCUT2D eigenvalue weighted by molar-refractivity contribution is 6.33. The Labute approximate surface area is 234 Å². The molecule has 0 amide bonds. The summed E-state index contributed by atoms with van der Waals surface area (Å²) >= 11 is 6.54. The number of anilines is 4. The molecule has 1 saturated heterocycles. The van der Waals surface area contributed by atoms with Crippen molar-refractivity contribution in [3.8, 4) is 11.8 Å². The quantitative estimate of drug-likeness (QED) is 0.417. The number of benzene rings is 1. The van der Waals surface area contributed by atoms with E-state index in [9.17, 15) is 18.8 Å². The van der Waals surface area contributed by atoms with Crippen molar-refractivity contribution < 1.29 is 13.5 Å². The van der Waals surface area contributed by atoms with Gasteiger partial charge in [-0.25, -0.2) is 13.8 Å². The first-order valence-corrected chi connectivity index (χ1v) is 13.8. The number of hydrogen-bond acceptors (Lipinski definition) is 8. The second kappa shape index (κ2) is 9.78. The molecule has 3 aliphatic rings. The van der Waals surface area contributed by atoms with Crippen molar-refractivity contribution in [3.05, 3.63) is 45.2 Å². The molecule has 4 heterocycles. The highest BCUT2D eigenvalue weighted by Gasteiger charge is 2.51. The van der Waals surface area contributed by atoms with E-state index in [1.165, 1.54) is 4.57 Å². The summed E-state index contributed by atoms with van der Waals surface area (Å²) < 4.78 is 36.8. The van der Waals surface area contributed by atoms with Crippen LogP contribution < -0.4 is 31.6 Å². The molecule has 1 aliphatic carbocycles. The fourth-order valence-corrected chi connectivity index (χ4v) is 6.08. The highest BCUT2D eigenvalue weighted by Crippen LogP contribution is 2.45. The SMILES string of the molecule is C[C@@H]1C[C@H](N)CN(c2nc(Nc3ccc4c(c3)c3c(c(=O)n4C)OCC(F)(F)[C@H](C4CC4)N3)c(Cl)cc2C#N)C1. The van der Waals surface area contributed by atoms with Gasteiger partial charge in [-0.1, -0.05) is 18.5 Å². The van der Waals surface area contributed by atoms with Crippen LogP contribution >= 0.6 is 11.6 Å². The van der Waals surface area contributed by atoms with Gasteiger partial charge in [0.25, 0.3) is 5.56 Å². The average Bonchev–Trinajstić information content (AvgIpc) is 3.75. The Morgan fingerprint density at radius 1 is 1.30 bits per heavy atom. The van der Waals surface area contributed by atoms with E-state index in [1.807, 2.05) is 4.90 Å². The predicted octanol–water partition coefficient (Wildman–Crippen LogP) is 4.59. The lowest BCUT2D eigenvalue weighted by Gasteiger charge is -2.36. The van der Waals surface area contributed by atoms with Crippen LogP contribution in [-0.4, -0.2) is 47.3 Å². The molecule has 9 nitrogen and oxygen atoms in total. The van der Waals surface area contributed by atoms with Gasteiger partial charge < -0.3 is 30.6 Å². The number of nitrogens with two attached hydrogens (primary N) is 1. The van der Waals surface area contributed by atoms with Crippen molar-refractivity contribution in [2.75, 3.05) is 35.2 Å². The predicted molar refractivity (Wildman–Crippen MR) is 151 cm³/mol. The molecule has 3 atom stereocenters. The molecule has 2 fully saturated rings. The van der Waals surface area contributed by atoms with Crippen LogP contribution in [0.25, 0.3) is 10.9 Å². The Morgan fingerprint density at radius 2 is 2.08 bits per heavy atom. The van der Waals surface area contributed by atoms with E-state index >= 15 is 0 Å². The normalized spacial score (nSPS) is 23.9. The summed E-state index contributed by atoms with van der Waals surface area (Å²) in [4.78, 5) is 19.8. The average molecular weight is 570 g/mol. The topological polar surface area (TPSA) is 121 Å². The molecular formula is C28H30ClF2N7O2. The summed E-state index contributed by atoms with van der Waals surface area (Å²) in [5.41, 5.74) is 7.49. The van der Waals surface area contributed by atoms with Gasteiger partial charge in [-0.15, -0.1) is 0 Å². The smallest absolute Gasteiger partial charge is 0.301 e. The fraction of sp³-hybridized carbons (Fsp3) is 0.464. The monoisotopic (exact) mass is 569 g/mol. The van der Waals surface area contributed by atoms with Crippen molar-refractivity contribution in [1.82, 2.24) is 9.55 Å². The van der Waals surface area contributed by atoms with Crippen LogP contribution in [0, 0.1) is 23.2 Å². The number of ether oxygens (including phenoxy) is 1. The van der Waals surface area contributed by atoms with Gasteiger partial charge in [-0.2, -0.15) is 5.26 Å². The van der Waals surface area contributed by atoms with Crippen LogP contribution in [0.3, 0.4) is 0 Å². The Balaban J connectivity index is 1.41. The zero-order valence-electron chi connectivity index (χ0n) is 22.2. The molecule has 0 spiro atoms. The van der Waals surface area contributed by atoms with E-state index in [2.05, 4.69) is 23.6 Å². The summed E-state index contributed by atoms with van der Waals surface area (Å²) in [6.45, 7) is 2.53. The molecule has 0 bridgehead atoms. The Kier molecular flexibility index (Phi) is 6.50. The zero-order valence-corrected chi connectivity index (χ0v) is 22.9. The van der Waals surface area contributed by atoms with E-state index in [0.29, 0.717) is 65.6 Å². The van der Waals surface area contributed by atoms with E-state index in [-0.39, 0.29) is 28.4 Å². The van der Waals surface area contributed by atoms with Gasteiger partial charge in [-0.3, -0.25) is 4.79 Å². The third-order valence-corrected chi connectivity index (χ3v) is 8.23. The standard InChI is InChI=1S/C28H30ClF2N7O2/c1-14-7-17(33)12-38(11-14)26-16(10-32)8-20(29)25(36-26)34-18-5-6-21-19(9-18)22-23(27(39)37(21)2)40-13-28(30,31)24(35-22)15-3-4-15/h5-6,8-9,14-15,17,24,35H,3-4,7,11-13,33H2,1-2H3,(H,34,36)/t14-,17+,24+/m1/s1. The number of pyridine rings is 2. The maximum absolute atomic E-state index is 15.0. The summed E-state index contributed by atoms with van der Waals surface area (Å²) in [7, 11) is 1.58. The summed E-state index contributed by atoms with van der Waals surface area (Å²) in [5.74, 6) is -2.26. The van der Waals surface area contributed by atoms with E-state index < -0.39 is 24.1 Å². The Morgan fingerprint density at radius 3 is 2.77 bits per heavy atom. The number of rotatable bonds is 4. The number of hydrogen-bond donors (Lipinski definition) is 3. The van der Waals surface area contributed by atoms with Gasteiger partial charge in [0.1, 0.15) is 11.9 Å². The minimum atomic E-state index is -3.13. The van der Waals surface area contributed by atoms with Gasteiger partial charge >= 0.3 is 5.92 Å². The van der Waals surface area contributed by atoms with Gasteiger partial charge in [-0.05, 0) is 55.4 Å². The molecule has 2 aromatic heterocycles. The molecule has 4 N–H and O–H groups in total. The van der Waals surface area contributed by atoms with E-state index in [1.54, 1.807) is 31.3 Å². The number of halogens is 3. The number of fused-ring (bicyclic) bond motifs is 3. The lowest BCUT2D eigenvalue weighted by Crippen LogP contribution is -2.47. The van der Waals surface area contributed by atoms with Gasteiger partial charge in [0.05, 0.1) is 27.8 Å². The maximum atomic E-state index is 15.0. The molecule has 40 heavy (non-hydrogen) atoms. The minimum Gasteiger partial charge on any atom is -0.480 e. The minimum absolute atomic E-state index is 0.0341. The van der Waals surface area contributed by atoms with Crippen LogP contribution in [0.4, 0.5) is 31.8 Å². The van der Waals surface area contributed by atoms with Crippen LogP contribution in [0.1, 0.15) is 31.7 Å². The lowest BCUT2D eigenvalue weighted by atomic mass is 9.96. The molecular weight excluding hydrogens is 540 g/mol. The first kappa shape index (κ1) is 26.6. The zero-order chi connectivity index (χ0) is 28.3. The lowest BCUT2D eigenvalue weighted by molar-refractivity contribution is -0.0579. The van der Waals surface area contributed by atoms with Crippen LogP contribution in [-0.2, 0) is 7.05 Å². The molecule has 6 rings (SSSR count). The summed E-state index contributed by atoms with van der Waals surface area (Å²) in [6, 6.07) is 7.84. The molecule has 1 saturated carbocycles. The number of nitrogens with zero attached hydrogens (tertiary/aromatic N) is 4. The van der Waals surface area contributed by atoms with Crippen LogP contribution in [0.5, 0.6) is 5.75 Å². The van der Waals surface area contributed by atoms with E-state index in [4.69, 9.17) is 27.1 Å². The number of aromatic nitrogens is 2. The Bertz CT molecular complexity index is 1590. The number of nitrogens with one attached hydrogen (secondary N) is 2. The van der Waals surface area contributed by atoms with Crippen molar-refractivity contribution in [2.24, 2.45) is 24.6 Å². The first-order chi connectivity index (χ1) is 19.1. The number of alkyl halides is 2. The van der Waals surface area contributed by atoms with Crippen molar-refractivity contribution in [1.29, 1.82) is 5.26 Å². The number of aryl methyl sites for hydroxylation is 1. The van der Waals surface area contributed by atoms with Crippen molar-refractivity contribution >= 4 is 45.5 Å². The molecule has 0 radical (unpaired) electrons. The van der Waals surface area contributed by atoms with Crippen molar-refractivity contribution in [3.63, 3.8) is 0 Å². The van der Waals surface area contributed by atoms with E-state index in [0.717, 1.165) is 6.42 Å². The summed E-state index contributed by atoms with van der Waals surface area (Å²) in [5, 5.41) is 16.8. The molecule has 1 aromatic carbocycles. The third-order valence-electron chi connectivity index (χ3n) is 7.94. The molecule has 2 aliphatic heterocycles. The second-order valence-corrected chi connectivity index (χ2v) is 11.6.